The zero-order chi connectivity index (χ0) is 47.4. The molecule has 0 radical (unpaired) electrons. The second kappa shape index (κ2) is 22.1. The molecular formula is C51H51N11O6. The van der Waals surface area contributed by atoms with Crippen LogP contribution in [0, 0.1) is 0 Å². The first kappa shape index (κ1) is 46.6. The Hall–Kier alpha value is -7.89. The molecule has 68 heavy (non-hydrogen) atoms. The van der Waals surface area contributed by atoms with Crippen molar-refractivity contribution in [3.8, 4) is 34.2 Å². The van der Waals surface area contributed by atoms with E-state index in [1.807, 2.05) is 72.8 Å². The number of nitrogens with zero attached hydrogens (tertiary/aromatic N) is 8. The zero-order valence-corrected chi connectivity index (χ0v) is 37.7. The van der Waals surface area contributed by atoms with Crippen LogP contribution in [0.25, 0.3) is 34.2 Å². The number of carboxylic acids is 1. The Bertz CT molecular complexity index is 2890. The first-order valence-corrected chi connectivity index (χ1v) is 22.6. The number of carboxylic acid groups (broad SMARTS) is 1. The minimum atomic E-state index is -1.14. The van der Waals surface area contributed by atoms with E-state index in [4.69, 9.17) is 29.9 Å². The molecule has 8 heterocycles. The van der Waals surface area contributed by atoms with E-state index in [1.165, 1.54) is 29.2 Å². The minimum Gasteiger partial charge on any atom is -0.478 e. The maximum absolute atomic E-state index is 14.0. The van der Waals surface area contributed by atoms with E-state index in [0.29, 0.717) is 54.5 Å². The Kier molecular flexibility index (Phi) is 15.1. The number of aryl methyl sites for hydroxylation is 1. The summed E-state index contributed by atoms with van der Waals surface area (Å²) in [6, 6.07) is 29.6. The highest BCUT2D eigenvalue weighted by Crippen LogP contribution is 2.24. The quantitative estimate of drug-likeness (QED) is 0.104. The van der Waals surface area contributed by atoms with Crippen LogP contribution in [0.15, 0.2) is 109 Å². The van der Waals surface area contributed by atoms with E-state index in [1.54, 1.807) is 12.1 Å². The summed E-state index contributed by atoms with van der Waals surface area (Å²) in [6.07, 6.45) is 4.83. The number of aromatic carboxylic acids is 1. The average molecular weight is 914 g/mol. The Morgan fingerprint density at radius 3 is 1.97 bits per heavy atom. The molecule has 0 atom stereocenters. The van der Waals surface area contributed by atoms with Crippen molar-refractivity contribution in [3.63, 3.8) is 0 Å². The van der Waals surface area contributed by atoms with E-state index in [0.717, 1.165) is 47.0 Å². The van der Waals surface area contributed by atoms with Crippen molar-refractivity contribution in [2.45, 2.75) is 65.3 Å². The predicted molar refractivity (Wildman–Crippen MR) is 252 cm³/mol. The van der Waals surface area contributed by atoms with E-state index >= 15 is 0 Å². The van der Waals surface area contributed by atoms with Crippen LogP contribution in [0.2, 0.25) is 0 Å². The van der Waals surface area contributed by atoms with E-state index in [2.05, 4.69) is 27.8 Å². The summed E-state index contributed by atoms with van der Waals surface area (Å²) in [7, 11) is 0. The normalized spacial score (nSPS) is 13.9. The molecular weight excluding hydrogens is 863 g/mol. The Morgan fingerprint density at radius 2 is 1.22 bits per heavy atom. The van der Waals surface area contributed by atoms with Gasteiger partial charge in [-0.15, -0.1) is 0 Å². The van der Waals surface area contributed by atoms with Gasteiger partial charge in [0.15, 0.2) is 5.78 Å². The van der Waals surface area contributed by atoms with Crippen LogP contribution in [-0.4, -0.2) is 100 Å². The third-order valence-electron chi connectivity index (χ3n) is 11.2. The topological polar surface area (TPSA) is 225 Å². The van der Waals surface area contributed by atoms with Crippen LogP contribution in [0.4, 0.5) is 0 Å². The molecule has 0 aliphatic carbocycles. The molecule has 6 aromatic rings. The number of nitrogens with one attached hydrogen (secondary N) is 3. The van der Waals surface area contributed by atoms with Crippen molar-refractivity contribution in [2.24, 2.45) is 0 Å². The lowest BCUT2D eigenvalue weighted by atomic mass is 10.1. The predicted octanol–water partition coefficient (Wildman–Crippen LogP) is 5.11. The second-order valence-electron chi connectivity index (χ2n) is 16.6. The van der Waals surface area contributed by atoms with Crippen molar-refractivity contribution >= 4 is 29.5 Å². The van der Waals surface area contributed by atoms with Crippen molar-refractivity contribution < 1.29 is 29.1 Å². The molecule has 346 valence electrons. The van der Waals surface area contributed by atoms with Crippen molar-refractivity contribution in [1.82, 2.24) is 55.7 Å². The number of amides is 3. The molecule has 6 aromatic heterocycles. The fourth-order valence-corrected chi connectivity index (χ4v) is 7.97. The fraction of sp³-hybridized carbons (Fsp3) is 0.275. The zero-order valence-electron chi connectivity index (χ0n) is 37.7. The molecule has 0 saturated carbocycles. The highest BCUT2D eigenvalue weighted by molar-refractivity contribution is 6.04. The molecule has 0 spiro atoms. The summed E-state index contributed by atoms with van der Waals surface area (Å²) in [5.41, 5.74) is 8.00. The van der Waals surface area contributed by atoms with E-state index in [9.17, 15) is 29.1 Å². The van der Waals surface area contributed by atoms with Crippen LogP contribution in [-0.2, 0) is 53.5 Å². The van der Waals surface area contributed by atoms with Gasteiger partial charge in [-0.2, -0.15) is 0 Å². The van der Waals surface area contributed by atoms with Crippen LogP contribution in [0.3, 0.4) is 0 Å². The first-order valence-electron chi connectivity index (χ1n) is 22.6. The van der Waals surface area contributed by atoms with Gasteiger partial charge in [0.2, 0.25) is 11.8 Å². The summed E-state index contributed by atoms with van der Waals surface area (Å²) in [6.45, 7) is 4.17. The number of hydrogen-bond donors (Lipinski definition) is 4. The van der Waals surface area contributed by atoms with Gasteiger partial charge in [-0.1, -0.05) is 37.6 Å². The molecule has 8 rings (SSSR count). The summed E-state index contributed by atoms with van der Waals surface area (Å²) in [5.74, 6) is -2.27. The molecule has 17 nitrogen and oxygen atoms in total. The molecule has 0 fully saturated rings. The Balaban J connectivity index is 1.09. The number of hydrogen-bond acceptors (Lipinski definition) is 13. The molecule has 17 heteroatoms. The van der Waals surface area contributed by atoms with Gasteiger partial charge < -0.3 is 26.0 Å². The summed E-state index contributed by atoms with van der Waals surface area (Å²) >= 11 is 0. The van der Waals surface area contributed by atoms with Gasteiger partial charge in [0.1, 0.15) is 0 Å². The van der Waals surface area contributed by atoms with Gasteiger partial charge in [-0.25, -0.2) is 29.7 Å². The average Bonchev–Trinajstić information content (AvgIpc) is 3.34. The van der Waals surface area contributed by atoms with E-state index in [-0.39, 0.29) is 80.1 Å². The first-order chi connectivity index (χ1) is 33.0. The molecule has 2 aliphatic rings. The number of carbonyl (C=O) groups is 5. The Labute approximate surface area is 393 Å². The summed E-state index contributed by atoms with van der Waals surface area (Å²) in [5, 5.41) is 19.2. The molecule has 2 aliphatic heterocycles. The SMILES string of the molecule is CCCc1cccc(-c2cccc(CN3Cc4cccc(n4)-c4cccc(n4)CNCc4cc(C(=O)O)cc(n4)-c4cc(C(=O)NCCNC(=O)CCCN5CC(=O)C=CC5=O)cc(n4)C3)n2)n1. The number of carbonyl (C=O) groups excluding carboxylic acids is 4. The smallest absolute Gasteiger partial charge is 0.335 e. The number of fused-ring (bicyclic) bond motifs is 10. The van der Waals surface area contributed by atoms with E-state index < -0.39 is 11.9 Å². The largest absolute Gasteiger partial charge is 0.478 e. The molecule has 0 saturated heterocycles. The van der Waals surface area contributed by atoms with Gasteiger partial charge in [-0.05, 0) is 91.7 Å². The molecule has 0 unspecified atom stereocenters. The molecule has 3 amide bonds. The van der Waals surface area contributed by atoms with Gasteiger partial charge in [0, 0.05) is 76.1 Å². The van der Waals surface area contributed by atoms with Crippen molar-refractivity contribution in [3.05, 3.63) is 155 Å². The van der Waals surface area contributed by atoms with Crippen LogP contribution in [0.1, 0.15) is 81.1 Å². The van der Waals surface area contributed by atoms with Gasteiger partial charge in [-0.3, -0.25) is 29.1 Å². The summed E-state index contributed by atoms with van der Waals surface area (Å²) < 4.78 is 0. The van der Waals surface area contributed by atoms with Crippen LogP contribution < -0.4 is 16.0 Å². The lowest BCUT2D eigenvalue weighted by Crippen LogP contribution is -2.38. The fourth-order valence-electron chi connectivity index (χ4n) is 7.97. The van der Waals surface area contributed by atoms with Crippen LogP contribution in [0.5, 0.6) is 0 Å². The number of aromatic nitrogens is 6. The molecule has 0 aromatic carbocycles. The minimum absolute atomic E-state index is 0.00529. The Morgan fingerprint density at radius 1 is 0.632 bits per heavy atom. The molecule has 8 bridgehead atoms. The third kappa shape index (κ3) is 12.5. The molecule has 4 N–H and O–H groups in total. The standard InChI is InChI=1S/C51H51N11O6/c1-2-8-35-9-3-13-42(55-35)44-15-5-11-37(57-44)29-61-30-38-12-6-16-45(58-38)43-14-4-10-36(56-43)27-52-28-39-24-34(51(67)68)26-47(59-39)46-25-33(23-40(31-61)60-46)50(66)54-21-20-53-48(64)17-7-22-62-32-41(63)18-19-49(62)65/h3-6,9-16,18-19,23-26,52H,2,7-8,17,20-22,27-32H2,1H3,(H,53,64)(H,54,66)(H,67,68). The lowest BCUT2D eigenvalue weighted by molar-refractivity contribution is -0.131. The van der Waals surface area contributed by atoms with Crippen molar-refractivity contribution in [2.75, 3.05) is 26.2 Å². The lowest BCUT2D eigenvalue weighted by Gasteiger charge is -2.23. The highest BCUT2D eigenvalue weighted by atomic mass is 16.4. The maximum Gasteiger partial charge on any atom is 0.335 e. The van der Waals surface area contributed by atoms with Crippen LogP contribution >= 0.6 is 0 Å². The number of pyridine rings is 6. The summed E-state index contributed by atoms with van der Waals surface area (Å²) in [4.78, 5) is 96.1. The number of rotatable bonds is 14. The van der Waals surface area contributed by atoms with Crippen molar-refractivity contribution in [1.29, 1.82) is 0 Å². The second-order valence-corrected chi connectivity index (χ2v) is 16.6. The van der Waals surface area contributed by atoms with Gasteiger partial charge in [0.05, 0.1) is 74.7 Å². The van der Waals surface area contributed by atoms with Gasteiger partial charge >= 0.3 is 5.97 Å². The number of ketones is 1. The monoisotopic (exact) mass is 913 g/mol. The highest BCUT2D eigenvalue weighted by Gasteiger charge is 2.21. The van der Waals surface area contributed by atoms with Gasteiger partial charge in [0.25, 0.3) is 5.91 Å². The maximum atomic E-state index is 14.0. The third-order valence-corrected chi connectivity index (χ3v) is 11.2.